The number of hydrogen-bond donors (Lipinski definition) is 1. The van der Waals surface area contributed by atoms with Gasteiger partial charge in [0.15, 0.2) is 0 Å². The third kappa shape index (κ3) is 3.59. The summed E-state index contributed by atoms with van der Waals surface area (Å²) in [6, 6.07) is 3.26. The molecule has 2 rings (SSSR count). The summed E-state index contributed by atoms with van der Waals surface area (Å²) in [7, 11) is 2.20. The monoisotopic (exact) mass is 250 g/mol. The highest BCUT2D eigenvalue weighted by atomic mass is 16.3. The Bertz CT molecular complexity index is 368. The number of hydrogen-bond acceptors (Lipinski definition) is 3. The number of rotatable bonds is 7. The van der Waals surface area contributed by atoms with Crippen LogP contribution in [-0.2, 0) is 13.1 Å². The second-order valence-electron chi connectivity index (χ2n) is 5.90. The van der Waals surface area contributed by atoms with Crippen LogP contribution in [0.15, 0.2) is 16.7 Å². The summed E-state index contributed by atoms with van der Waals surface area (Å²) in [5.74, 6) is 2.01. The van der Waals surface area contributed by atoms with Gasteiger partial charge in [0.1, 0.15) is 5.76 Å². The number of furan rings is 1. The van der Waals surface area contributed by atoms with Crippen LogP contribution < -0.4 is 5.32 Å². The Morgan fingerprint density at radius 1 is 1.39 bits per heavy atom. The van der Waals surface area contributed by atoms with Crippen LogP contribution in [0.25, 0.3) is 0 Å². The minimum absolute atomic E-state index is 0.510. The molecule has 3 nitrogen and oxygen atoms in total. The molecule has 0 bridgehead atoms. The quantitative estimate of drug-likeness (QED) is 0.806. The minimum Gasteiger partial charge on any atom is -0.468 e. The SMILES string of the molecule is CC(C)NCc1ccoc1CN(C)C(C)C1CC1. The lowest BCUT2D eigenvalue weighted by atomic mass is 10.1. The molecule has 0 saturated heterocycles. The predicted molar refractivity (Wildman–Crippen MR) is 74.3 cm³/mol. The highest BCUT2D eigenvalue weighted by molar-refractivity contribution is 5.17. The van der Waals surface area contributed by atoms with Gasteiger partial charge in [0.2, 0.25) is 0 Å². The zero-order valence-corrected chi connectivity index (χ0v) is 12.1. The van der Waals surface area contributed by atoms with Crippen molar-refractivity contribution < 1.29 is 4.42 Å². The van der Waals surface area contributed by atoms with Gasteiger partial charge in [-0.05, 0) is 38.8 Å². The van der Waals surface area contributed by atoms with Crippen molar-refractivity contribution in [1.29, 1.82) is 0 Å². The molecule has 1 aliphatic rings. The Morgan fingerprint density at radius 2 is 2.11 bits per heavy atom. The fourth-order valence-electron chi connectivity index (χ4n) is 2.29. The summed E-state index contributed by atoms with van der Waals surface area (Å²) in [6.45, 7) is 8.48. The van der Waals surface area contributed by atoms with Crippen molar-refractivity contribution >= 4 is 0 Å². The van der Waals surface area contributed by atoms with E-state index in [0.29, 0.717) is 12.1 Å². The standard InChI is InChI=1S/C15H26N2O/c1-11(2)16-9-14-7-8-18-15(14)10-17(4)12(3)13-5-6-13/h7-8,11-13,16H,5-6,9-10H2,1-4H3. The zero-order chi connectivity index (χ0) is 13.1. The maximum absolute atomic E-state index is 5.64. The molecule has 3 heteroatoms. The fourth-order valence-corrected chi connectivity index (χ4v) is 2.29. The molecule has 1 aromatic rings. The Hall–Kier alpha value is -0.800. The first-order chi connectivity index (χ1) is 8.58. The predicted octanol–water partition coefficient (Wildman–Crippen LogP) is 3.01. The number of nitrogens with zero attached hydrogens (tertiary/aromatic N) is 1. The van der Waals surface area contributed by atoms with Crippen molar-refractivity contribution in [3.8, 4) is 0 Å². The average molecular weight is 250 g/mol. The lowest BCUT2D eigenvalue weighted by molar-refractivity contribution is 0.209. The number of nitrogens with one attached hydrogen (secondary N) is 1. The van der Waals surface area contributed by atoms with Crippen molar-refractivity contribution in [2.24, 2.45) is 5.92 Å². The molecule has 1 atom stereocenters. The Balaban J connectivity index is 1.89. The van der Waals surface area contributed by atoms with Crippen molar-refractivity contribution in [1.82, 2.24) is 10.2 Å². The van der Waals surface area contributed by atoms with Gasteiger partial charge in [0.25, 0.3) is 0 Å². The van der Waals surface area contributed by atoms with Crippen LogP contribution in [0.5, 0.6) is 0 Å². The van der Waals surface area contributed by atoms with Gasteiger partial charge in [0.05, 0.1) is 12.8 Å². The first kappa shape index (κ1) is 13.6. The molecule has 0 amide bonds. The van der Waals surface area contributed by atoms with Gasteiger partial charge in [-0.1, -0.05) is 13.8 Å². The second-order valence-corrected chi connectivity index (χ2v) is 5.90. The maximum atomic E-state index is 5.64. The first-order valence-corrected chi connectivity index (χ1v) is 7.06. The van der Waals surface area contributed by atoms with Crippen molar-refractivity contribution in [2.45, 2.75) is 58.8 Å². The van der Waals surface area contributed by atoms with Crippen molar-refractivity contribution in [2.75, 3.05) is 7.05 Å². The van der Waals surface area contributed by atoms with Crippen LogP contribution in [0.1, 0.15) is 44.9 Å². The van der Waals surface area contributed by atoms with Crippen molar-refractivity contribution in [3.05, 3.63) is 23.7 Å². The summed E-state index contributed by atoms with van der Waals surface area (Å²) in [5, 5.41) is 3.45. The van der Waals surface area contributed by atoms with Gasteiger partial charge in [-0.2, -0.15) is 0 Å². The van der Waals surface area contributed by atoms with Crippen LogP contribution in [0.2, 0.25) is 0 Å². The van der Waals surface area contributed by atoms with Crippen LogP contribution in [0.3, 0.4) is 0 Å². The third-order valence-electron chi connectivity index (χ3n) is 3.93. The molecule has 1 heterocycles. The molecule has 102 valence electrons. The summed E-state index contributed by atoms with van der Waals surface area (Å²) in [6.07, 6.45) is 4.60. The molecule has 1 saturated carbocycles. The molecule has 0 aliphatic heterocycles. The topological polar surface area (TPSA) is 28.4 Å². The summed E-state index contributed by atoms with van der Waals surface area (Å²) < 4.78 is 5.64. The summed E-state index contributed by atoms with van der Waals surface area (Å²) in [5.41, 5.74) is 1.29. The molecule has 0 spiro atoms. The Kier molecular flexibility index (Phi) is 4.46. The van der Waals surface area contributed by atoms with Crippen molar-refractivity contribution in [3.63, 3.8) is 0 Å². The Labute approximate surface area is 111 Å². The van der Waals surface area contributed by atoms with E-state index in [0.717, 1.165) is 24.8 Å². The first-order valence-electron chi connectivity index (χ1n) is 7.06. The normalized spacial score (nSPS) is 17.7. The second kappa shape index (κ2) is 5.89. The van der Waals surface area contributed by atoms with E-state index >= 15 is 0 Å². The molecule has 1 aliphatic carbocycles. The maximum Gasteiger partial charge on any atom is 0.122 e. The summed E-state index contributed by atoms with van der Waals surface area (Å²) in [4.78, 5) is 2.41. The molecule has 1 aromatic heterocycles. The molecule has 18 heavy (non-hydrogen) atoms. The molecule has 0 radical (unpaired) electrons. The van der Waals surface area contributed by atoms with E-state index in [1.165, 1.54) is 18.4 Å². The van der Waals surface area contributed by atoms with E-state index in [4.69, 9.17) is 4.42 Å². The Morgan fingerprint density at radius 3 is 2.72 bits per heavy atom. The molecular formula is C15H26N2O. The molecular weight excluding hydrogens is 224 g/mol. The van der Waals surface area contributed by atoms with Crippen LogP contribution in [0, 0.1) is 5.92 Å². The van der Waals surface area contributed by atoms with E-state index in [9.17, 15) is 0 Å². The van der Waals surface area contributed by atoms with Gasteiger partial charge in [-0.25, -0.2) is 0 Å². The van der Waals surface area contributed by atoms with E-state index in [1.54, 1.807) is 0 Å². The summed E-state index contributed by atoms with van der Waals surface area (Å²) >= 11 is 0. The van der Waals surface area contributed by atoms with E-state index < -0.39 is 0 Å². The lowest BCUT2D eigenvalue weighted by Gasteiger charge is -2.24. The largest absolute Gasteiger partial charge is 0.468 e. The fraction of sp³-hybridized carbons (Fsp3) is 0.733. The van der Waals surface area contributed by atoms with Gasteiger partial charge in [-0.3, -0.25) is 4.90 Å². The third-order valence-corrected chi connectivity index (χ3v) is 3.93. The van der Waals surface area contributed by atoms with E-state index in [1.807, 2.05) is 6.26 Å². The lowest BCUT2D eigenvalue weighted by Crippen LogP contribution is -2.30. The van der Waals surface area contributed by atoms with Gasteiger partial charge in [-0.15, -0.1) is 0 Å². The minimum atomic E-state index is 0.510. The smallest absolute Gasteiger partial charge is 0.122 e. The molecule has 0 aromatic carbocycles. The molecule has 1 unspecified atom stereocenters. The van der Waals surface area contributed by atoms with Gasteiger partial charge < -0.3 is 9.73 Å². The highest BCUT2D eigenvalue weighted by Crippen LogP contribution is 2.35. The van der Waals surface area contributed by atoms with Crippen LogP contribution in [0.4, 0.5) is 0 Å². The molecule has 1 fully saturated rings. The zero-order valence-electron chi connectivity index (χ0n) is 12.1. The highest BCUT2D eigenvalue weighted by Gasteiger charge is 2.30. The van der Waals surface area contributed by atoms with Gasteiger partial charge in [0, 0.05) is 24.2 Å². The van der Waals surface area contributed by atoms with Crippen LogP contribution in [-0.4, -0.2) is 24.0 Å². The average Bonchev–Trinajstić information content (AvgIpc) is 3.08. The van der Waals surface area contributed by atoms with Gasteiger partial charge >= 0.3 is 0 Å². The van der Waals surface area contributed by atoms with Crippen LogP contribution >= 0.6 is 0 Å². The van der Waals surface area contributed by atoms with E-state index in [-0.39, 0.29) is 0 Å². The molecule has 1 N–H and O–H groups in total. The van der Waals surface area contributed by atoms with E-state index in [2.05, 4.69) is 44.1 Å².